The van der Waals surface area contributed by atoms with E-state index in [0.29, 0.717) is 12.5 Å². The fourth-order valence-corrected chi connectivity index (χ4v) is 4.13. The smallest absolute Gasteiger partial charge is 0.253 e. The number of carbonyl (C=O) groups is 1. The van der Waals surface area contributed by atoms with Crippen molar-refractivity contribution >= 4 is 11.6 Å². The van der Waals surface area contributed by atoms with Gasteiger partial charge in [0.05, 0.1) is 0 Å². The Bertz CT molecular complexity index is 978. The van der Waals surface area contributed by atoms with Gasteiger partial charge in [0.25, 0.3) is 5.91 Å². The number of nitrogens with zero attached hydrogens (tertiary/aromatic N) is 1. The first-order valence-corrected chi connectivity index (χ1v) is 10.7. The molecular formula is C26H29N3O. The minimum atomic E-state index is 0.118. The summed E-state index contributed by atoms with van der Waals surface area (Å²) in [5.41, 5.74) is 11.2. The molecule has 4 heteroatoms. The summed E-state index contributed by atoms with van der Waals surface area (Å²) < 4.78 is 0. The van der Waals surface area contributed by atoms with Gasteiger partial charge >= 0.3 is 0 Å². The van der Waals surface area contributed by atoms with Crippen LogP contribution in [0.5, 0.6) is 0 Å². The van der Waals surface area contributed by atoms with Crippen molar-refractivity contribution in [3.8, 4) is 0 Å². The highest BCUT2D eigenvalue weighted by Gasteiger charge is 2.24. The van der Waals surface area contributed by atoms with Gasteiger partial charge in [0.15, 0.2) is 0 Å². The standard InChI is InChI=1S/C26H29N3O/c27-18-21-8-4-9-23(16-21)22-12-14-29(15-13-22)26(30)24-10-5-11-25(17-24)28-19-20-6-2-1-3-7-20/h1-11,16-17,22,28H,12-15,18-19,27H2. The summed E-state index contributed by atoms with van der Waals surface area (Å²) in [5, 5.41) is 3.42. The van der Waals surface area contributed by atoms with E-state index in [1.165, 1.54) is 16.7 Å². The van der Waals surface area contributed by atoms with Crippen LogP contribution in [0.25, 0.3) is 0 Å². The molecule has 0 aliphatic carbocycles. The number of carbonyl (C=O) groups excluding carboxylic acids is 1. The molecule has 4 rings (SSSR count). The predicted molar refractivity (Wildman–Crippen MR) is 122 cm³/mol. The lowest BCUT2D eigenvalue weighted by Gasteiger charge is -2.32. The highest BCUT2D eigenvalue weighted by molar-refractivity contribution is 5.95. The first-order valence-electron chi connectivity index (χ1n) is 10.7. The van der Waals surface area contributed by atoms with Gasteiger partial charge < -0.3 is 16.0 Å². The van der Waals surface area contributed by atoms with Crippen molar-refractivity contribution in [2.24, 2.45) is 5.73 Å². The Labute approximate surface area is 178 Å². The Hall–Kier alpha value is -3.11. The van der Waals surface area contributed by atoms with Crippen molar-refractivity contribution in [3.63, 3.8) is 0 Å². The number of benzene rings is 3. The van der Waals surface area contributed by atoms with Gasteiger partial charge in [-0.15, -0.1) is 0 Å². The lowest BCUT2D eigenvalue weighted by atomic mass is 9.88. The molecule has 0 unspecified atom stereocenters. The normalized spacial score (nSPS) is 14.5. The molecule has 154 valence electrons. The van der Waals surface area contributed by atoms with Crippen LogP contribution in [-0.2, 0) is 13.1 Å². The average Bonchev–Trinajstić information content (AvgIpc) is 2.83. The van der Waals surface area contributed by atoms with Crippen LogP contribution in [0, 0.1) is 0 Å². The van der Waals surface area contributed by atoms with Gasteiger partial charge in [-0.1, -0.05) is 60.7 Å². The second kappa shape index (κ2) is 9.59. The summed E-state index contributed by atoms with van der Waals surface area (Å²) in [6, 6.07) is 26.7. The van der Waals surface area contributed by atoms with E-state index in [9.17, 15) is 4.79 Å². The molecule has 1 aliphatic heterocycles. The minimum absolute atomic E-state index is 0.118. The van der Waals surface area contributed by atoms with Gasteiger partial charge in [-0.05, 0) is 53.6 Å². The van der Waals surface area contributed by atoms with E-state index in [2.05, 4.69) is 41.7 Å². The van der Waals surface area contributed by atoms with E-state index >= 15 is 0 Å². The maximum atomic E-state index is 13.1. The van der Waals surface area contributed by atoms with Crippen LogP contribution in [0.2, 0.25) is 0 Å². The molecule has 3 aromatic carbocycles. The quantitative estimate of drug-likeness (QED) is 0.627. The van der Waals surface area contributed by atoms with Crippen molar-refractivity contribution in [1.29, 1.82) is 0 Å². The highest BCUT2D eigenvalue weighted by atomic mass is 16.2. The van der Waals surface area contributed by atoms with E-state index in [1.807, 2.05) is 47.4 Å². The third kappa shape index (κ3) is 4.89. The molecule has 30 heavy (non-hydrogen) atoms. The summed E-state index contributed by atoms with van der Waals surface area (Å²) in [5.74, 6) is 0.618. The van der Waals surface area contributed by atoms with Gasteiger partial charge in [-0.3, -0.25) is 4.79 Å². The molecule has 0 aromatic heterocycles. The van der Waals surface area contributed by atoms with Crippen molar-refractivity contribution in [1.82, 2.24) is 4.90 Å². The van der Waals surface area contributed by atoms with E-state index < -0.39 is 0 Å². The minimum Gasteiger partial charge on any atom is -0.381 e. The van der Waals surface area contributed by atoms with Gasteiger partial charge in [-0.25, -0.2) is 0 Å². The van der Waals surface area contributed by atoms with Crippen LogP contribution in [0.1, 0.15) is 45.8 Å². The first-order chi connectivity index (χ1) is 14.7. The van der Waals surface area contributed by atoms with Crippen molar-refractivity contribution in [2.75, 3.05) is 18.4 Å². The van der Waals surface area contributed by atoms with Crippen LogP contribution in [0.3, 0.4) is 0 Å². The molecule has 0 saturated carbocycles. The van der Waals surface area contributed by atoms with Gasteiger partial charge in [0, 0.05) is 37.4 Å². The Morgan fingerprint density at radius 1 is 0.900 bits per heavy atom. The third-order valence-electron chi connectivity index (χ3n) is 5.89. The second-order valence-corrected chi connectivity index (χ2v) is 7.94. The summed E-state index contributed by atoms with van der Waals surface area (Å²) in [4.78, 5) is 15.0. The summed E-state index contributed by atoms with van der Waals surface area (Å²) in [7, 11) is 0. The Kier molecular flexibility index (Phi) is 6.45. The number of hydrogen-bond acceptors (Lipinski definition) is 3. The summed E-state index contributed by atoms with van der Waals surface area (Å²) in [6.07, 6.45) is 1.98. The molecule has 1 amide bonds. The highest BCUT2D eigenvalue weighted by Crippen LogP contribution is 2.29. The van der Waals surface area contributed by atoms with E-state index in [0.717, 1.165) is 43.7 Å². The predicted octanol–water partition coefficient (Wildman–Crippen LogP) is 4.78. The molecular weight excluding hydrogens is 370 g/mol. The van der Waals surface area contributed by atoms with Crippen LogP contribution >= 0.6 is 0 Å². The Morgan fingerprint density at radius 2 is 1.63 bits per heavy atom. The second-order valence-electron chi connectivity index (χ2n) is 7.94. The molecule has 1 fully saturated rings. The number of piperidine rings is 1. The number of anilines is 1. The summed E-state index contributed by atoms with van der Waals surface area (Å²) in [6.45, 7) is 2.89. The molecule has 4 nitrogen and oxygen atoms in total. The lowest BCUT2D eigenvalue weighted by molar-refractivity contribution is 0.0713. The molecule has 1 saturated heterocycles. The molecule has 3 aromatic rings. The topological polar surface area (TPSA) is 58.4 Å². The zero-order valence-corrected chi connectivity index (χ0v) is 17.3. The Morgan fingerprint density at radius 3 is 2.40 bits per heavy atom. The van der Waals surface area contributed by atoms with Crippen LogP contribution in [0.4, 0.5) is 5.69 Å². The third-order valence-corrected chi connectivity index (χ3v) is 5.89. The molecule has 1 aliphatic rings. The number of amides is 1. The van der Waals surface area contributed by atoms with Crippen molar-refractivity contribution in [2.45, 2.75) is 31.8 Å². The first kappa shape index (κ1) is 20.2. The van der Waals surface area contributed by atoms with Crippen LogP contribution in [0.15, 0.2) is 78.9 Å². The average molecular weight is 400 g/mol. The van der Waals surface area contributed by atoms with Gasteiger partial charge in [-0.2, -0.15) is 0 Å². The number of likely N-dealkylation sites (tertiary alicyclic amines) is 1. The molecule has 0 atom stereocenters. The van der Waals surface area contributed by atoms with Crippen LogP contribution < -0.4 is 11.1 Å². The fraction of sp³-hybridized carbons (Fsp3) is 0.269. The maximum Gasteiger partial charge on any atom is 0.253 e. The van der Waals surface area contributed by atoms with E-state index in [-0.39, 0.29) is 5.91 Å². The molecule has 0 spiro atoms. The number of rotatable bonds is 6. The van der Waals surface area contributed by atoms with E-state index in [4.69, 9.17) is 5.73 Å². The van der Waals surface area contributed by atoms with E-state index in [1.54, 1.807) is 0 Å². The largest absolute Gasteiger partial charge is 0.381 e. The maximum absolute atomic E-state index is 13.1. The van der Waals surface area contributed by atoms with Crippen molar-refractivity contribution < 1.29 is 4.79 Å². The number of nitrogens with one attached hydrogen (secondary N) is 1. The SMILES string of the molecule is NCc1cccc(C2CCN(C(=O)c3cccc(NCc4ccccc4)c3)CC2)c1. The van der Waals surface area contributed by atoms with Crippen molar-refractivity contribution in [3.05, 3.63) is 101 Å². The van der Waals surface area contributed by atoms with Gasteiger partial charge in [0.2, 0.25) is 0 Å². The zero-order chi connectivity index (χ0) is 20.8. The molecule has 0 radical (unpaired) electrons. The lowest BCUT2D eigenvalue weighted by Crippen LogP contribution is -2.37. The molecule has 1 heterocycles. The molecule has 3 N–H and O–H groups in total. The Balaban J connectivity index is 1.36. The zero-order valence-electron chi connectivity index (χ0n) is 17.3. The van der Waals surface area contributed by atoms with Crippen LogP contribution in [-0.4, -0.2) is 23.9 Å². The number of hydrogen-bond donors (Lipinski definition) is 2. The molecule has 0 bridgehead atoms. The monoisotopic (exact) mass is 399 g/mol. The number of nitrogens with two attached hydrogens (primary N) is 1. The summed E-state index contributed by atoms with van der Waals surface area (Å²) >= 11 is 0. The van der Waals surface area contributed by atoms with Gasteiger partial charge in [0.1, 0.15) is 0 Å². The fourth-order valence-electron chi connectivity index (χ4n) is 4.13.